The SMILES string of the molecule is On1c(-n2ccnc2)nc2c1-c1ccccc1CCC2. The van der Waals surface area contributed by atoms with Crippen molar-refractivity contribution in [2.45, 2.75) is 19.3 Å². The molecule has 0 unspecified atom stereocenters. The maximum Gasteiger partial charge on any atom is 0.249 e. The maximum atomic E-state index is 10.5. The Morgan fingerprint density at radius 1 is 1.15 bits per heavy atom. The van der Waals surface area contributed by atoms with Crippen LogP contribution in [0.2, 0.25) is 0 Å². The molecule has 0 saturated heterocycles. The van der Waals surface area contributed by atoms with Crippen molar-refractivity contribution >= 4 is 0 Å². The third kappa shape index (κ3) is 1.56. The van der Waals surface area contributed by atoms with Crippen molar-refractivity contribution < 1.29 is 5.21 Å². The van der Waals surface area contributed by atoms with Gasteiger partial charge in [-0.3, -0.25) is 4.57 Å². The van der Waals surface area contributed by atoms with Crippen LogP contribution in [0.15, 0.2) is 43.0 Å². The first-order valence-electron chi connectivity index (χ1n) is 6.72. The number of benzene rings is 1. The number of imidazole rings is 2. The summed E-state index contributed by atoms with van der Waals surface area (Å²) in [4.78, 5) is 8.59. The number of hydrogen-bond acceptors (Lipinski definition) is 3. The van der Waals surface area contributed by atoms with E-state index in [4.69, 9.17) is 0 Å². The summed E-state index contributed by atoms with van der Waals surface area (Å²) in [5.41, 5.74) is 4.09. The fraction of sp³-hybridized carbons (Fsp3) is 0.200. The highest BCUT2D eigenvalue weighted by molar-refractivity contribution is 5.68. The molecule has 1 aliphatic carbocycles. The Labute approximate surface area is 116 Å². The third-order valence-electron chi connectivity index (χ3n) is 3.78. The number of rotatable bonds is 1. The summed E-state index contributed by atoms with van der Waals surface area (Å²) in [6.45, 7) is 0. The zero-order chi connectivity index (χ0) is 13.5. The van der Waals surface area contributed by atoms with E-state index in [1.165, 1.54) is 10.3 Å². The first kappa shape index (κ1) is 11.3. The van der Waals surface area contributed by atoms with E-state index in [9.17, 15) is 5.21 Å². The normalized spacial score (nSPS) is 13.6. The number of nitrogens with zero attached hydrogens (tertiary/aromatic N) is 4. The van der Waals surface area contributed by atoms with Crippen molar-refractivity contribution in [1.82, 2.24) is 19.3 Å². The first-order valence-corrected chi connectivity index (χ1v) is 6.72. The molecule has 3 aromatic rings. The molecule has 2 aromatic heterocycles. The molecule has 4 rings (SSSR count). The summed E-state index contributed by atoms with van der Waals surface area (Å²) >= 11 is 0. The summed E-state index contributed by atoms with van der Waals surface area (Å²) in [6.07, 6.45) is 8.03. The first-order chi connectivity index (χ1) is 9.84. The average Bonchev–Trinajstić information content (AvgIpc) is 3.04. The van der Waals surface area contributed by atoms with Gasteiger partial charge in [0.2, 0.25) is 5.95 Å². The van der Waals surface area contributed by atoms with E-state index >= 15 is 0 Å². The largest absolute Gasteiger partial charge is 0.425 e. The predicted molar refractivity (Wildman–Crippen MR) is 74.0 cm³/mol. The van der Waals surface area contributed by atoms with Crippen LogP contribution in [-0.4, -0.2) is 24.5 Å². The fourth-order valence-electron chi connectivity index (χ4n) is 2.85. The molecule has 5 heteroatoms. The van der Waals surface area contributed by atoms with Crippen LogP contribution in [0.3, 0.4) is 0 Å². The van der Waals surface area contributed by atoms with E-state index in [1.807, 2.05) is 18.2 Å². The highest BCUT2D eigenvalue weighted by Gasteiger charge is 2.23. The summed E-state index contributed by atoms with van der Waals surface area (Å²) in [7, 11) is 0. The van der Waals surface area contributed by atoms with Gasteiger partial charge in [-0.25, -0.2) is 9.97 Å². The number of hydrogen-bond donors (Lipinski definition) is 1. The standard InChI is InChI=1S/C15H14N4O/c20-19-14-12-6-2-1-4-11(12)5-3-7-13(14)17-15(19)18-9-8-16-10-18/h1-2,4,6,8-10,20H,3,5,7H2. The molecule has 0 atom stereocenters. The van der Waals surface area contributed by atoms with Crippen LogP contribution in [-0.2, 0) is 12.8 Å². The Morgan fingerprint density at radius 2 is 2.05 bits per heavy atom. The van der Waals surface area contributed by atoms with E-state index in [2.05, 4.69) is 16.0 Å². The highest BCUT2D eigenvalue weighted by atomic mass is 16.5. The smallest absolute Gasteiger partial charge is 0.249 e. The number of aromatic nitrogens is 4. The molecule has 5 nitrogen and oxygen atoms in total. The van der Waals surface area contributed by atoms with Crippen molar-refractivity contribution in [3.63, 3.8) is 0 Å². The van der Waals surface area contributed by atoms with Crippen LogP contribution in [0.5, 0.6) is 0 Å². The second-order valence-corrected chi connectivity index (χ2v) is 5.00. The van der Waals surface area contributed by atoms with Gasteiger partial charge in [0.05, 0.1) is 5.69 Å². The Balaban J connectivity index is 1.98. The van der Waals surface area contributed by atoms with Crippen molar-refractivity contribution in [3.8, 4) is 17.2 Å². The molecule has 0 amide bonds. The van der Waals surface area contributed by atoms with E-state index < -0.39 is 0 Å². The Morgan fingerprint density at radius 3 is 2.90 bits per heavy atom. The highest BCUT2D eigenvalue weighted by Crippen LogP contribution is 2.33. The van der Waals surface area contributed by atoms with Crippen LogP contribution >= 0.6 is 0 Å². The summed E-state index contributed by atoms with van der Waals surface area (Å²) in [6, 6.07) is 8.20. The second kappa shape index (κ2) is 4.23. The molecule has 0 saturated carbocycles. The van der Waals surface area contributed by atoms with E-state index in [-0.39, 0.29) is 0 Å². The Bertz CT molecular complexity index is 758. The summed E-state index contributed by atoms with van der Waals surface area (Å²) in [5, 5.41) is 10.5. The van der Waals surface area contributed by atoms with Gasteiger partial charge < -0.3 is 5.21 Å². The van der Waals surface area contributed by atoms with Gasteiger partial charge in [-0.15, -0.1) is 4.73 Å². The Hall–Kier alpha value is -2.56. The van der Waals surface area contributed by atoms with Crippen LogP contribution in [0.25, 0.3) is 17.2 Å². The molecule has 0 bridgehead atoms. The lowest BCUT2D eigenvalue weighted by Gasteiger charge is -2.08. The third-order valence-corrected chi connectivity index (χ3v) is 3.78. The van der Waals surface area contributed by atoms with Crippen molar-refractivity contribution in [1.29, 1.82) is 0 Å². The lowest BCUT2D eigenvalue weighted by atomic mass is 10.0. The average molecular weight is 266 g/mol. The van der Waals surface area contributed by atoms with Gasteiger partial charge in [-0.05, 0) is 24.8 Å². The van der Waals surface area contributed by atoms with Crippen LogP contribution in [0.4, 0.5) is 0 Å². The van der Waals surface area contributed by atoms with Crippen molar-refractivity contribution in [2.75, 3.05) is 0 Å². The quantitative estimate of drug-likeness (QED) is 0.688. The molecule has 0 radical (unpaired) electrons. The molecular weight excluding hydrogens is 252 g/mol. The van der Waals surface area contributed by atoms with Gasteiger partial charge in [-0.2, -0.15) is 0 Å². The van der Waals surface area contributed by atoms with Crippen molar-refractivity contribution in [3.05, 3.63) is 54.2 Å². The van der Waals surface area contributed by atoms with E-state index in [1.54, 1.807) is 23.3 Å². The minimum Gasteiger partial charge on any atom is -0.425 e. The molecule has 1 aliphatic rings. The Kier molecular flexibility index (Phi) is 2.39. The maximum absolute atomic E-state index is 10.5. The van der Waals surface area contributed by atoms with E-state index in [0.29, 0.717) is 5.95 Å². The van der Waals surface area contributed by atoms with E-state index in [0.717, 1.165) is 36.2 Å². The molecule has 0 spiro atoms. The molecule has 20 heavy (non-hydrogen) atoms. The summed E-state index contributed by atoms with van der Waals surface area (Å²) in [5.74, 6) is 0.490. The van der Waals surface area contributed by atoms with Gasteiger partial charge in [0.15, 0.2) is 0 Å². The number of aryl methyl sites for hydroxylation is 2. The molecule has 1 aromatic carbocycles. The van der Waals surface area contributed by atoms with Gasteiger partial charge >= 0.3 is 0 Å². The number of fused-ring (bicyclic) bond motifs is 3. The minimum atomic E-state index is 0.490. The van der Waals surface area contributed by atoms with Gasteiger partial charge in [0.25, 0.3) is 0 Å². The van der Waals surface area contributed by atoms with Crippen LogP contribution < -0.4 is 0 Å². The summed E-state index contributed by atoms with van der Waals surface area (Å²) < 4.78 is 2.90. The van der Waals surface area contributed by atoms with Gasteiger partial charge in [0, 0.05) is 18.0 Å². The zero-order valence-corrected chi connectivity index (χ0v) is 10.9. The topological polar surface area (TPSA) is 55.9 Å². The second-order valence-electron chi connectivity index (χ2n) is 5.00. The van der Waals surface area contributed by atoms with Crippen LogP contribution in [0.1, 0.15) is 17.7 Å². The predicted octanol–water partition coefficient (Wildman–Crippen LogP) is 2.46. The van der Waals surface area contributed by atoms with Crippen molar-refractivity contribution in [2.24, 2.45) is 0 Å². The molecular formula is C15H14N4O. The molecule has 0 fully saturated rings. The fourth-order valence-corrected chi connectivity index (χ4v) is 2.85. The van der Waals surface area contributed by atoms with Gasteiger partial charge in [0.1, 0.15) is 12.0 Å². The van der Waals surface area contributed by atoms with Gasteiger partial charge in [-0.1, -0.05) is 24.3 Å². The lowest BCUT2D eigenvalue weighted by molar-refractivity contribution is 0.188. The minimum absolute atomic E-state index is 0.490. The zero-order valence-electron chi connectivity index (χ0n) is 10.9. The molecule has 2 heterocycles. The molecule has 1 N–H and O–H groups in total. The molecule has 100 valence electrons. The van der Waals surface area contributed by atoms with Crippen LogP contribution in [0, 0.1) is 0 Å². The monoisotopic (exact) mass is 266 g/mol. The lowest BCUT2D eigenvalue weighted by Crippen LogP contribution is -2.04. The molecule has 0 aliphatic heterocycles.